The Morgan fingerprint density at radius 1 is 1.40 bits per heavy atom. The minimum Gasteiger partial charge on any atom is -0.354 e. The molecule has 2 rings (SSSR count). The SMILES string of the molecule is CC(C)CC[C@@]1(C)OC[C@@H](C)N1C(=O)c1ccccc1. The third-order valence-corrected chi connectivity index (χ3v) is 4.01. The number of nitrogens with zero attached hydrogens (tertiary/aromatic N) is 1. The number of carbonyl (C=O) groups is 1. The fourth-order valence-corrected chi connectivity index (χ4v) is 2.79. The summed E-state index contributed by atoms with van der Waals surface area (Å²) in [5.74, 6) is 0.682. The molecule has 0 saturated carbocycles. The van der Waals surface area contributed by atoms with Gasteiger partial charge in [-0.05, 0) is 44.7 Å². The van der Waals surface area contributed by atoms with Crippen LogP contribution in [0.2, 0.25) is 0 Å². The lowest BCUT2D eigenvalue weighted by Crippen LogP contribution is -2.49. The maximum absolute atomic E-state index is 12.8. The molecule has 1 fully saturated rings. The molecule has 1 aromatic rings. The fraction of sp³-hybridized carbons (Fsp3) is 0.588. The van der Waals surface area contributed by atoms with Crippen LogP contribution in [0.4, 0.5) is 0 Å². The van der Waals surface area contributed by atoms with E-state index in [1.807, 2.05) is 42.2 Å². The Kier molecular flexibility index (Phi) is 4.48. The fourth-order valence-electron chi connectivity index (χ4n) is 2.79. The average molecular weight is 275 g/mol. The molecule has 0 unspecified atom stereocenters. The van der Waals surface area contributed by atoms with E-state index in [2.05, 4.69) is 20.8 Å². The largest absolute Gasteiger partial charge is 0.354 e. The highest BCUT2D eigenvalue weighted by molar-refractivity contribution is 5.95. The Morgan fingerprint density at radius 2 is 2.05 bits per heavy atom. The van der Waals surface area contributed by atoms with Crippen LogP contribution in [-0.2, 0) is 4.74 Å². The van der Waals surface area contributed by atoms with Crippen molar-refractivity contribution in [3.05, 3.63) is 35.9 Å². The van der Waals surface area contributed by atoms with E-state index in [9.17, 15) is 4.79 Å². The van der Waals surface area contributed by atoms with E-state index < -0.39 is 5.72 Å². The molecular formula is C17H25NO2. The van der Waals surface area contributed by atoms with Gasteiger partial charge in [-0.25, -0.2) is 0 Å². The van der Waals surface area contributed by atoms with Crippen molar-refractivity contribution >= 4 is 5.91 Å². The standard InChI is InChI=1S/C17H25NO2/c1-13(2)10-11-17(4)18(14(3)12-20-17)16(19)15-8-6-5-7-9-15/h5-9,13-14H,10-12H2,1-4H3/t14-,17-/m1/s1. The van der Waals surface area contributed by atoms with Crippen LogP contribution >= 0.6 is 0 Å². The summed E-state index contributed by atoms with van der Waals surface area (Å²) in [6.07, 6.45) is 1.94. The van der Waals surface area contributed by atoms with E-state index in [0.29, 0.717) is 12.5 Å². The Morgan fingerprint density at radius 3 is 2.65 bits per heavy atom. The van der Waals surface area contributed by atoms with E-state index in [1.165, 1.54) is 0 Å². The predicted octanol–water partition coefficient (Wildman–Crippen LogP) is 3.70. The second kappa shape index (κ2) is 5.96. The molecule has 1 amide bonds. The summed E-state index contributed by atoms with van der Waals surface area (Å²) in [5, 5.41) is 0. The predicted molar refractivity (Wildman–Crippen MR) is 80.5 cm³/mol. The van der Waals surface area contributed by atoms with E-state index >= 15 is 0 Å². The molecule has 0 radical (unpaired) electrons. The number of ether oxygens (including phenoxy) is 1. The van der Waals surface area contributed by atoms with Crippen LogP contribution in [-0.4, -0.2) is 29.2 Å². The zero-order chi connectivity index (χ0) is 14.8. The molecule has 20 heavy (non-hydrogen) atoms. The lowest BCUT2D eigenvalue weighted by molar-refractivity contribution is -0.0636. The molecular weight excluding hydrogens is 250 g/mol. The molecule has 1 aliphatic heterocycles. The Labute approximate surface area is 121 Å². The normalized spacial score (nSPS) is 26.2. The first kappa shape index (κ1) is 15.0. The molecule has 0 aliphatic carbocycles. The van der Waals surface area contributed by atoms with Crippen molar-refractivity contribution in [2.24, 2.45) is 5.92 Å². The molecule has 0 N–H and O–H groups in total. The molecule has 0 bridgehead atoms. The van der Waals surface area contributed by atoms with Gasteiger partial charge in [0.15, 0.2) is 0 Å². The number of hydrogen-bond donors (Lipinski definition) is 0. The van der Waals surface area contributed by atoms with Crippen molar-refractivity contribution in [2.75, 3.05) is 6.61 Å². The van der Waals surface area contributed by atoms with Crippen LogP contribution in [0.5, 0.6) is 0 Å². The summed E-state index contributed by atoms with van der Waals surface area (Å²) in [6.45, 7) is 9.12. The summed E-state index contributed by atoms with van der Waals surface area (Å²) >= 11 is 0. The van der Waals surface area contributed by atoms with Crippen LogP contribution in [0.25, 0.3) is 0 Å². The molecule has 3 heteroatoms. The van der Waals surface area contributed by atoms with Gasteiger partial charge in [0.1, 0.15) is 5.72 Å². The van der Waals surface area contributed by atoms with Crippen molar-refractivity contribution < 1.29 is 9.53 Å². The van der Waals surface area contributed by atoms with Crippen LogP contribution in [0.1, 0.15) is 50.9 Å². The van der Waals surface area contributed by atoms with Crippen molar-refractivity contribution in [1.29, 1.82) is 0 Å². The number of rotatable bonds is 4. The van der Waals surface area contributed by atoms with E-state index in [1.54, 1.807) is 0 Å². The van der Waals surface area contributed by atoms with Gasteiger partial charge in [0.2, 0.25) is 0 Å². The van der Waals surface area contributed by atoms with Gasteiger partial charge in [-0.3, -0.25) is 4.79 Å². The van der Waals surface area contributed by atoms with Crippen molar-refractivity contribution in [1.82, 2.24) is 4.90 Å². The van der Waals surface area contributed by atoms with Crippen LogP contribution in [0.3, 0.4) is 0 Å². The maximum Gasteiger partial charge on any atom is 0.256 e. The minimum absolute atomic E-state index is 0.0712. The van der Waals surface area contributed by atoms with Gasteiger partial charge in [0, 0.05) is 5.56 Å². The molecule has 3 nitrogen and oxygen atoms in total. The first-order chi connectivity index (χ1) is 9.44. The van der Waals surface area contributed by atoms with Gasteiger partial charge in [-0.2, -0.15) is 0 Å². The smallest absolute Gasteiger partial charge is 0.256 e. The number of carbonyl (C=O) groups excluding carboxylic acids is 1. The molecule has 1 aliphatic rings. The Bertz CT molecular complexity index is 457. The molecule has 110 valence electrons. The van der Waals surface area contributed by atoms with Crippen LogP contribution in [0, 0.1) is 5.92 Å². The van der Waals surface area contributed by atoms with Crippen molar-refractivity contribution in [3.63, 3.8) is 0 Å². The highest BCUT2D eigenvalue weighted by Crippen LogP contribution is 2.34. The molecule has 1 saturated heterocycles. The molecule has 1 heterocycles. The summed E-state index contributed by atoms with van der Waals surface area (Å²) in [7, 11) is 0. The highest BCUT2D eigenvalue weighted by Gasteiger charge is 2.44. The topological polar surface area (TPSA) is 29.5 Å². The van der Waals surface area contributed by atoms with E-state index in [4.69, 9.17) is 4.74 Å². The number of amides is 1. The summed E-state index contributed by atoms with van der Waals surface area (Å²) < 4.78 is 5.96. The lowest BCUT2D eigenvalue weighted by atomic mass is 9.99. The average Bonchev–Trinajstić information content (AvgIpc) is 2.73. The Hall–Kier alpha value is -1.35. The third-order valence-electron chi connectivity index (χ3n) is 4.01. The van der Waals surface area contributed by atoms with E-state index in [0.717, 1.165) is 18.4 Å². The molecule has 2 atom stereocenters. The minimum atomic E-state index is -0.476. The van der Waals surface area contributed by atoms with Gasteiger partial charge < -0.3 is 9.64 Å². The maximum atomic E-state index is 12.8. The lowest BCUT2D eigenvalue weighted by Gasteiger charge is -2.36. The molecule has 1 aromatic carbocycles. The zero-order valence-electron chi connectivity index (χ0n) is 12.9. The van der Waals surface area contributed by atoms with Crippen molar-refractivity contribution in [2.45, 2.75) is 52.3 Å². The monoisotopic (exact) mass is 275 g/mol. The number of benzene rings is 1. The van der Waals surface area contributed by atoms with Crippen molar-refractivity contribution in [3.8, 4) is 0 Å². The second-order valence-electron chi connectivity index (χ2n) is 6.31. The van der Waals surface area contributed by atoms with E-state index in [-0.39, 0.29) is 11.9 Å². The quantitative estimate of drug-likeness (QED) is 0.838. The second-order valence-corrected chi connectivity index (χ2v) is 6.31. The zero-order valence-corrected chi connectivity index (χ0v) is 12.9. The van der Waals surface area contributed by atoms with Gasteiger partial charge in [-0.15, -0.1) is 0 Å². The molecule has 0 spiro atoms. The number of hydrogen-bond acceptors (Lipinski definition) is 2. The van der Waals surface area contributed by atoms with Gasteiger partial charge in [-0.1, -0.05) is 32.0 Å². The first-order valence-corrected chi connectivity index (χ1v) is 7.47. The summed E-state index contributed by atoms with van der Waals surface area (Å²) in [6, 6.07) is 9.60. The summed E-state index contributed by atoms with van der Waals surface area (Å²) in [4.78, 5) is 14.7. The highest BCUT2D eigenvalue weighted by atomic mass is 16.5. The Balaban J connectivity index is 2.20. The van der Waals surface area contributed by atoms with Gasteiger partial charge in [0.25, 0.3) is 5.91 Å². The first-order valence-electron chi connectivity index (χ1n) is 7.47. The van der Waals surface area contributed by atoms with Gasteiger partial charge in [0.05, 0.1) is 12.6 Å². The van der Waals surface area contributed by atoms with Crippen LogP contribution < -0.4 is 0 Å². The van der Waals surface area contributed by atoms with Gasteiger partial charge >= 0.3 is 0 Å². The summed E-state index contributed by atoms with van der Waals surface area (Å²) in [5.41, 5.74) is 0.261. The molecule has 0 aromatic heterocycles. The third kappa shape index (κ3) is 3.04. The van der Waals surface area contributed by atoms with Crippen LogP contribution in [0.15, 0.2) is 30.3 Å².